The van der Waals surface area contributed by atoms with E-state index in [1.54, 1.807) is 19.1 Å². The van der Waals surface area contributed by atoms with Crippen molar-refractivity contribution in [1.29, 1.82) is 0 Å². The van der Waals surface area contributed by atoms with Crippen LogP contribution in [-0.4, -0.2) is 11.5 Å². The maximum absolute atomic E-state index is 13.7. The summed E-state index contributed by atoms with van der Waals surface area (Å²) in [5.74, 6) is -1.74. The smallest absolute Gasteiger partial charge is 0.169 e. The minimum Gasteiger partial charge on any atom is -0.368 e. The van der Waals surface area contributed by atoms with Crippen molar-refractivity contribution in [3.05, 3.63) is 45.9 Å². The van der Waals surface area contributed by atoms with Gasteiger partial charge in [-0.05, 0) is 25.1 Å². The summed E-state index contributed by atoms with van der Waals surface area (Å²) in [5.41, 5.74) is 0.389. The quantitative estimate of drug-likeness (QED) is 0.847. The summed E-state index contributed by atoms with van der Waals surface area (Å²) in [6, 6.07) is 5.46. The largest absolute Gasteiger partial charge is 0.368 e. The molecule has 1 aromatic heterocycles. The van der Waals surface area contributed by atoms with E-state index in [1.807, 2.05) is 0 Å². The van der Waals surface area contributed by atoms with Gasteiger partial charge in [0.05, 0.1) is 10.7 Å². The molecule has 1 heterocycles. The van der Waals surface area contributed by atoms with Crippen molar-refractivity contribution in [3.8, 4) is 0 Å². The van der Waals surface area contributed by atoms with Crippen molar-refractivity contribution in [3.63, 3.8) is 0 Å². The summed E-state index contributed by atoms with van der Waals surface area (Å²) >= 11 is 11.8. The highest BCUT2D eigenvalue weighted by Gasteiger charge is 2.13. The van der Waals surface area contributed by atoms with Crippen LogP contribution in [0.5, 0.6) is 0 Å². The molecule has 2 rings (SSSR count). The molecule has 0 aliphatic heterocycles. The Kier molecular flexibility index (Phi) is 4.62. The van der Waals surface area contributed by atoms with Crippen LogP contribution in [0.15, 0.2) is 24.3 Å². The van der Waals surface area contributed by atoms with Crippen LogP contribution in [0.2, 0.25) is 10.0 Å². The molecule has 0 saturated heterocycles. The topological polar surface area (TPSA) is 37.0 Å². The second kappa shape index (κ2) is 6.24. The van der Waals surface area contributed by atoms with E-state index in [9.17, 15) is 8.78 Å². The molecule has 0 saturated carbocycles. The molecule has 0 unspecified atom stereocenters. The van der Waals surface area contributed by atoms with Crippen LogP contribution in [0.3, 0.4) is 0 Å². The fraction of sp³-hybridized carbons (Fsp3) is 0.154. The number of hydrogen-bond donors (Lipinski definition) is 2. The van der Waals surface area contributed by atoms with Crippen molar-refractivity contribution in [2.24, 2.45) is 0 Å². The van der Waals surface area contributed by atoms with Gasteiger partial charge in [0.15, 0.2) is 23.3 Å². The van der Waals surface area contributed by atoms with Gasteiger partial charge < -0.3 is 10.6 Å². The molecule has 20 heavy (non-hydrogen) atoms. The molecular weight excluding hydrogens is 307 g/mol. The number of aromatic nitrogens is 1. The molecule has 0 aliphatic carbocycles. The van der Waals surface area contributed by atoms with Gasteiger partial charge in [-0.25, -0.2) is 13.8 Å². The summed E-state index contributed by atoms with van der Waals surface area (Å²) in [5, 5.41) is 6.19. The Morgan fingerprint density at radius 2 is 1.80 bits per heavy atom. The molecule has 3 nitrogen and oxygen atoms in total. The first-order valence-corrected chi connectivity index (χ1v) is 6.59. The SMILES string of the molecule is CCNc1nc(Nc2cc(Cl)ccc2Cl)c(F)cc1F. The average molecular weight is 318 g/mol. The highest BCUT2D eigenvalue weighted by Crippen LogP contribution is 2.29. The number of halogens is 4. The Morgan fingerprint density at radius 1 is 1.10 bits per heavy atom. The van der Waals surface area contributed by atoms with Gasteiger partial charge >= 0.3 is 0 Å². The highest BCUT2D eigenvalue weighted by molar-refractivity contribution is 6.35. The van der Waals surface area contributed by atoms with Crippen LogP contribution in [0, 0.1) is 11.6 Å². The monoisotopic (exact) mass is 317 g/mol. The number of pyridine rings is 1. The number of benzene rings is 1. The highest BCUT2D eigenvalue weighted by atomic mass is 35.5. The number of hydrogen-bond acceptors (Lipinski definition) is 3. The fourth-order valence-corrected chi connectivity index (χ4v) is 1.90. The Hall–Kier alpha value is -1.59. The van der Waals surface area contributed by atoms with E-state index >= 15 is 0 Å². The molecular formula is C13H11Cl2F2N3. The van der Waals surface area contributed by atoms with Crippen molar-refractivity contribution in [2.75, 3.05) is 17.2 Å². The molecule has 0 aliphatic rings. The molecule has 106 valence electrons. The van der Waals surface area contributed by atoms with Crippen molar-refractivity contribution in [2.45, 2.75) is 6.92 Å². The van der Waals surface area contributed by atoms with Crippen LogP contribution >= 0.6 is 23.2 Å². The number of anilines is 3. The second-order valence-electron chi connectivity index (χ2n) is 3.93. The van der Waals surface area contributed by atoms with E-state index < -0.39 is 11.6 Å². The first-order valence-electron chi connectivity index (χ1n) is 5.83. The lowest BCUT2D eigenvalue weighted by molar-refractivity contribution is 0.579. The third kappa shape index (κ3) is 3.29. The molecule has 0 radical (unpaired) electrons. The van der Waals surface area contributed by atoms with Crippen molar-refractivity contribution >= 4 is 40.5 Å². The molecule has 0 bridgehead atoms. The van der Waals surface area contributed by atoms with Gasteiger partial charge in [0, 0.05) is 17.6 Å². The number of rotatable bonds is 4. The maximum atomic E-state index is 13.7. The van der Waals surface area contributed by atoms with Gasteiger partial charge in [0.1, 0.15) is 0 Å². The Labute approximate surface area is 124 Å². The first kappa shape index (κ1) is 14.8. The molecule has 1 aromatic carbocycles. The minimum absolute atomic E-state index is 0.0328. The van der Waals surface area contributed by atoms with E-state index in [2.05, 4.69) is 15.6 Å². The Balaban J connectivity index is 2.37. The molecule has 0 spiro atoms. The van der Waals surface area contributed by atoms with Crippen LogP contribution < -0.4 is 10.6 Å². The third-order valence-corrected chi connectivity index (χ3v) is 3.02. The van der Waals surface area contributed by atoms with Crippen LogP contribution in [-0.2, 0) is 0 Å². The van der Waals surface area contributed by atoms with Gasteiger partial charge in [-0.2, -0.15) is 0 Å². The molecule has 0 atom stereocenters. The van der Waals surface area contributed by atoms with Crippen molar-refractivity contribution in [1.82, 2.24) is 4.98 Å². The normalized spacial score (nSPS) is 10.4. The van der Waals surface area contributed by atoms with Crippen molar-refractivity contribution < 1.29 is 8.78 Å². The van der Waals surface area contributed by atoms with Crippen LogP contribution in [0.1, 0.15) is 6.92 Å². The second-order valence-corrected chi connectivity index (χ2v) is 4.77. The molecule has 2 aromatic rings. The lowest BCUT2D eigenvalue weighted by Gasteiger charge is -2.11. The number of nitrogens with zero attached hydrogens (tertiary/aromatic N) is 1. The standard InChI is InChI=1S/C13H11Cl2F2N3/c1-2-18-12-9(16)6-10(17)13(20-12)19-11-5-7(14)3-4-8(11)15/h3-6H,2H2,1H3,(H2,18,19,20). The molecule has 7 heteroatoms. The zero-order valence-corrected chi connectivity index (χ0v) is 12.0. The Morgan fingerprint density at radius 3 is 2.50 bits per heavy atom. The lowest BCUT2D eigenvalue weighted by atomic mass is 10.3. The summed E-state index contributed by atoms with van der Waals surface area (Å²) in [4.78, 5) is 3.85. The summed E-state index contributed by atoms with van der Waals surface area (Å²) in [6.45, 7) is 2.25. The van der Waals surface area contributed by atoms with Crippen LogP contribution in [0.25, 0.3) is 0 Å². The van der Waals surface area contributed by atoms with Gasteiger partial charge in [-0.3, -0.25) is 0 Å². The zero-order chi connectivity index (χ0) is 14.7. The van der Waals surface area contributed by atoms with Crippen LogP contribution in [0.4, 0.5) is 26.1 Å². The average Bonchev–Trinajstić information content (AvgIpc) is 2.39. The molecule has 0 fully saturated rings. The van der Waals surface area contributed by atoms with E-state index in [4.69, 9.17) is 23.2 Å². The van der Waals surface area contributed by atoms with E-state index in [0.717, 1.165) is 6.07 Å². The van der Waals surface area contributed by atoms with Gasteiger partial charge in [-0.1, -0.05) is 23.2 Å². The summed E-state index contributed by atoms with van der Waals surface area (Å²) in [7, 11) is 0. The zero-order valence-electron chi connectivity index (χ0n) is 10.5. The predicted molar refractivity (Wildman–Crippen MR) is 78.1 cm³/mol. The van der Waals surface area contributed by atoms with E-state index in [-0.39, 0.29) is 11.6 Å². The van der Waals surface area contributed by atoms with Gasteiger partial charge in [-0.15, -0.1) is 0 Å². The predicted octanol–water partition coefficient (Wildman–Crippen LogP) is 4.84. The summed E-state index contributed by atoms with van der Waals surface area (Å²) < 4.78 is 27.2. The third-order valence-electron chi connectivity index (χ3n) is 2.46. The lowest BCUT2D eigenvalue weighted by Crippen LogP contribution is -2.06. The first-order chi connectivity index (χ1) is 9.51. The minimum atomic E-state index is -0.819. The van der Waals surface area contributed by atoms with Gasteiger partial charge in [0.25, 0.3) is 0 Å². The van der Waals surface area contributed by atoms with Gasteiger partial charge in [0.2, 0.25) is 0 Å². The molecule has 0 amide bonds. The number of nitrogens with one attached hydrogen (secondary N) is 2. The maximum Gasteiger partial charge on any atom is 0.169 e. The Bertz CT molecular complexity index is 635. The van der Waals surface area contributed by atoms with E-state index in [1.165, 1.54) is 6.07 Å². The summed E-state index contributed by atoms with van der Waals surface area (Å²) in [6.07, 6.45) is 0. The fourth-order valence-electron chi connectivity index (χ4n) is 1.57. The molecule has 2 N–H and O–H groups in total. The van der Waals surface area contributed by atoms with E-state index in [0.29, 0.717) is 22.3 Å².